The molecule has 0 saturated heterocycles. The topological polar surface area (TPSA) is 88.2 Å². The van der Waals surface area contributed by atoms with Gasteiger partial charge in [0.25, 0.3) is 0 Å². The molecule has 2 aromatic heterocycles. The van der Waals surface area contributed by atoms with Crippen LogP contribution in [0, 0.1) is 11.3 Å². The van der Waals surface area contributed by atoms with E-state index in [1.54, 1.807) is 0 Å². The molecule has 0 N–H and O–H groups in total. The van der Waals surface area contributed by atoms with Crippen LogP contribution in [0.25, 0.3) is 78.8 Å². The second-order valence-corrected chi connectivity index (χ2v) is 11.3. The maximum Gasteiger partial charge on any atom is 0.164 e. The Kier molecular flexibility index (Phi) is 7.46. The lowest BCUT2D eigenvalue weighted by molar-refractivity contribution is 1.07. The lowest BCUT2D eigenvalue weighted by Gasteiger charge is -2.12. The Morgan fingerprint density at radius 3 is 1.27 bits per heavy atom. The van der Waals surface area contributed by atoms with Gasteiger partial charge in [-0.05, 0) is 41.5 Å². The molecule has 0 bridgehead atoms. The molecule has 0 radical (unpaired) electrons. The molecule has 8 aromatic rings. The molecule has 0 aliphatic heterocycles. The van der Waals surface area contributed by atoms with Crippen molar-refractivity contribution in [1.82, 2.24) is 24.9 Å². The highest BCUT2D eigenvalue weighted by atomic mass is 15.0. The lowest BCUT2D eigenvalue weighted by atomic mass is 9.98. The van der Waals surface area contributed by atoms with E-state index in [0.717, 1.165) is 61.4 Å². The molecule has 2 heterocycles. The van der Waals surface area contributed by atoms with Crippen LogP contribution >= 0.6 is 0 Å². The smallest absolute Gasteiger partial charge is 0.164 e. The number of hydrogen-bond donors (Lipinski definition) is 0. The van der Waals surface area contributed by atoms with Crippen molar-refractivity contribution in [3.63, 3.8) is 0 Å². The molecule has 0 atom stereocenters. The maximum absolute atomic E-state index is 9.31. The van der Waals surface area contributed by atoms with Gasteiger partial charge in [0.1, 0.15) is 0 Å². The minimum atomic E-state index is 0.602. The quantitative estimate of drug-likeness (QED) is 0.185. The van der Waals surface area contributed by atoms with Gasteiger partial charge in [0.2, 0.25) is 0 Å². The predicted octanol–water partition coefficient (Wildman–Crippen LogP) is 9.69. The Morgan fingerprint density at radius 2 is 0.750 bits per heavy atom. The fourth-order valence-electron chi connectivity index (χ4n) is 5.70. The van der Waals surface area contributed by atoms with Crippen molar-refractivity contribution in [3.05, 3.63) is 163 Å². The van der Waals surface area contributed by atoms with Crippen molar-refractivity contribution in [2.24, 2.45) is 0 Å². The highest BCUT2D eigenvalue weighted by Gasteiger charge is 2.15. The molecule has 0 unspecified atom stereocenters. The first kappa shape index (κ1) is 28.6. The summed E-state index contributed by atoms with van der Waals surface area (Å²) in [7, 11) is 0. The second kappa shape index (κ2) is 12.5. The third-order valence-electron chi connectivity index (χ3n) is 8.17. The Bertz CT molecular complexity index is 2380. The van der Waals surface area contributed by atoms with Crippen LogP contribution in [0.15, 0.2) is 158 Å². The van der Waals surface area contributed by atoms with Crippen LogP contribution in [0.3, 0.4) is 0 Å². The van der Waals surface area contributed by atoms with Crippen molar-refractivity contribution in [3.8, 4) is 73.9 Å². The molecule has 0 aliphatic carbocycles. The third-order valence-corrected chi connectivity index (χ3v) is 8.17. The summed E-state index contributed by atoms with van der Waals surface area (Å²) < 4.78 is 0. The van der Waals surface area contributed by atoms with Gasteiger partial charge >= 0.3 is 0 Å². The largest absolute Gasteiger partial charge is 0.244 e. The van der Waals surface area contributed by atoms with Crippen molar-refractivity contribution in [2.45, 2.75) is 0 Å². The van der Waals surface area contributed by atoms with Crippen LogP contribution in [-0.4, -0.2) is 24.9 Å². The van der Waals surface area contributed by atoms with Gasteiger partial charge in [0, 0.05) is 27.8 Å². The van der Waals surface area contributed by atoms with Crippen LogP contribution in [-0.2, 0) is 0 Å². The van der Waals surface area contributed by atoms with E-state index in [1.807, 2.05) is 121 Å². The Balaban J connectivity index is 1.18. The molecule has 0 amide bonds. The van der Waals surface area contributed by atoms with Crippen LogP contribution < -0.4 is 0 Å². The molecule has 0 fully saturated rings. The van der Waals surface area contributed by atoms with Gasteiger partial charge in [0.15, 0.2) is 17.5 Å². The maximum atomic E-state index is 9.31. The van der Waals surface area contributed by atoms with Gasteiger partial charge < -0.3 is 0 Å². The predicted molar refractivity (Wildman–Crippen MR) is 190 cm³/mol. The monoisotopic (exact) mass is 614 g/mol. The van der Waals surface area contributed by atoms with Crippen molar-refractivity contribution >= 4 is 11.0 Å². The van der Waals surface area contributed by atoms with Crippen LogP contribution in [0.2, 0.25) is 0 Å². The highest BCUT2D eigenvalue weighted by molar-refractivity contribution is 5.87. The standard InChI is InChI=1S/C42H26N6/c43-27-28-18-20-30(21-19-28)38-39(45-37-17-8-7-16-36(37)44-38)31-24-22-29(23-25-31)34-14-9-15-35(26-34)42-47-40(32-10-3-1-4-11-32)46-41(48-42)33-12-5-2-6-13-33/h1-26H. The Hall–Kier alpha value is -6.84. The molecule has 8 rings (SSSR count). The van der Waals surface area contributed by atoms with Gasteiger partial charge in [-0.3, -0.25) is 0 Å². The zero-order valence-corrected chi connectivity index (χ0v) is 25.7. The average Bonchev–Trinajstić information content (AvgIpc) is 3.18. The molecule has 0 saturated carbocycles. The minimum Gasteiger partial charge on any atom is -0.244 e. The minimum absolute atomic E-state index is 0.602. The molecule has 6 nitrogen and oxygen atoms in total. The molecule has 6 aromatic carbocycles. The Labute approximate surface area is 277 Å². The number of nitrogens with zero attached hydrogens (tertiary/aromatic N) is 6. The summed E-state index contributed by atoms with van der Waals surface area (Å²) in [5.41, 5.74) is 10.5. The number of aromatic nitrogens is 5. The highest BCUT2D eigenvalue weighted by Crippen LogP contribution is 2.34. The Morgan fingerprint density at radius 1 is 0.333 bits per heavy atom. The molecular weight excluding hydrogens is 589 g/mol. The number of fused-ring (bicyclic) bond motifs is 1. The van der Waals surface area contributed by atoms with Crippen molar-refractivity contribution < 1.29 is 0 Å². The lowest BCUT2D eigenvalue weighted by Crippen LogP contribution is -2.00. The number of rotatable bonds is 6. The molecule has 0 spiro atoms. The zero-order chi connectivity index (χ0) is 32.3. The van der Waals surface area contributed by atoms with Gasteiger partial charge in [-0.15, -0.1) is 0 Å². The third kappa shape index (κ3) is 5.68. The molecule has 6 heteroatoms. The van der Waals surface area contributed by atoms with E-state index in [9.17, 15) is 5.26 Å². The average molecular weight is 615 g/mol. The van der Waals surface area contributed by atoms with E-state index in [4.69, 9.17) is 24.9 Å². The van der Waals surface area contributed by atoms with Crippen molar-refractivity contribution in [1.29, 1.82) is 5.26 Å². The van der Waals surface area contributed by atoms with Crippen LogP contribution in [0.1, 0.15) is 5.56 Å². The summed E-state index contributed by atoms with van der Waals surface area (Å²) in [4.78, 5) is 24.7. The number of benzene rings is 6. The van der Waals surface area contributed by atoms with Crippen LogP contribution in [0.4, 0.5) is 0 Å². The summed E-state index contributed by atoms with van der Waals surface area (Å²) in [5, 5.41) is 9.31. The van der Waals surface area contributed by atoms with Crippen molar-refractivity contribution in [2.75, 3.05) is 0 Å². The second-order valence-electron chi connectivity index (χ2n) is 11.3. The van der Waals surface area contributed by atoms with E-state index < -0.39 is 0 Å². The zero-order valence-electron chi connectivity index (χ0n) is 25.7. The summed E-state index contributed by atoms with van der Waals surface area (Å²) in [6.07, 6.45) is 0. The van der Waals surface area contributed by atoms with E-state index >= 15 is 0 Å². The molecule has 48 heavy (non-hydrogen) atoms. The first-order valence-corrected chi connectivity index (χ1v) is 15.6. The fourth-order valence-corrected chi connectivity index (χ4v) is 5.70. The SMILES string of the molecule is N#Cc1ccc(-c2nc3ccccc3nc2-c2ccc(-c3cccc(-c4nc(-c5ccccc5)nc(-c5ccccc5)n4)c3)cc2)cc1. The molecular formula is C42H26N6. The fraction of sp³-hybridized carbons (Fsp3) is 0. The number of nitriles is 1. The summed E-state index contributed by atoms with van der Waals surface area (Å²) in [6.45, 7) is 0. The first-order chi connectivity index (χ1) is 23.7. The molecule has 0 aliphatic rings. The van der Waals surface area contributed by atoms with E-state index in [0.29, 0.717) is 23.0 Å². The van der Waals surface area contributed by atoms with Gasteiger partial charge in [-0.2, -0.15) is 5.26 Å². The first-order valence-electron chi connectivity index (χ1n) is 15.6. The normalized spacial score (nSPS) is 10.9. The van der Waals surface area contributed by atoms with Crippen LogP contribution in [0.5, 0.6) is 0 Å². The summed E-state index contributed by atoms with van der Waals surface area (Å²) >= 11 is 0. The van der Waals surface area contributed by atoms with E-state index in [1.165, 1.54) is 0 Å². The van der Waals surface area contributed by atoms with Gasteiger partial charge in [-0.1, -0.05) is 127 Å². The number of para-hydroxylation sites is 2. The van der Waals surface area contributed by atoms with Gasteiger partial charge in [-0.25, -0.2) is 24.9 Å². The van der Waals surface area contributed by atoms with Gasteiger partial charge in [0.05, 0.1) is 34.1 Å². The van der Waals surface area contributed by atoms with E-state index in [-0.39, 0.29) is 0 Å². The summed E-state index contributed by atoms with van der Waals surface area (Å²) in [6, 6.07) is 54.1. The summed E-state index contributed by atoms with van der Waals surface area (Å²) in [5.74, 6) is 1.87. The van der Waals surface area contributed by atoms with E-state index in [2.05, 4.69) is 42.5 Å². The molecule has 224 valence electrons. The number of hydrogen-bond acceptors (Lipinski definition) is 6.